The quantitative estimate of drug-likeness (QED) is 0.732. The molecule has 15 heavy (non-hydrogen) atoms. The lowest BCUT2D eigenvalue weighted by Gasteiger charge is -2.10. The molecule has 1 aromatic carbocycles. The van der Waals surface area contributed by atoms with Gasteiger partial charge in [0, 0.05) is 18.8 Å². The van der Waals surface area contributed by atoms with Gasteiger partial charge in [-0.1, -0.05) is 12.1 Å². The van der Waals surface area contributed by atoms with Crippen LogP contribution < -0.4 is 5.32 Å². The Hall–Kier alpha value is -1.31. The van der Waals surface area contributed by atoms with Crippen molar-refractivity contribution in [3.63, 3.8) is 0 Å². The van der Waals surface area contributed by atoms with E-state index in [1.807, 2.05) is 13.3 Å². The normalized spacial score (nSPS) is 11.2. The van der Waals surface area contributed by atoms with Crippen molar-refractivity contribution in [2.75, 3.05) is 12.4 Å². The summed E-state index contributed by atoms with van der Waals surface area (Å²) in [5, 5.41) is 3.37. The highest BCUT2D eigenvalue weighted by molar-refractivity contribution is 5.57. The lowest BCUT2D eigenvalue weighted by atomic mass is 10.1. The van der Waals surface area contributed by atoms with Crippen LogP contribution in [0.4, 0.5) is 5.69 Å². The zero-order valence-corrected chi connectivity index (χ0v) is 9.83. The van der Waals surface area contributed by atoms with Crippen LogP contribution in [0.25, 0.3) is 0 Å². The Kier molecular flexibility index (Phi) is 4.88. The van der Waals surface area contributed by atoms with Gasteiger partial charge in [0.2, 0.25) is 0 Å². The molecule has 0 saturated carbocycles. The SMILES string of the molecule is C/N=C\CCc1ccc(NC(C)C)cc1. The first-order valence-corrected chi connectivity index (χ1v) is 5.48. The monoisotopic (exact) mass is 204 g/mol. The molecule has 0 aliphatic rings. The molecule has 0 heterocycles. The fourth-order valence-corrected chi connectivity index (χ4v) is 1.46. The second-order valence-corrected chi connectivity index (χ2v) is 3.98. The Morgan fingerprint density at radius 3 is 2.47 bits per heavy atom. The van der Waals surface area contributed by atoms with Crippen LogP contribution in [0, 0.1) is 0 Å². The molecular formula is C13H20N2. The van der Waals surface area contributed by atoms with E-state index in [-0.39, 0.29) is 0 Å². The number of nitrogens with zero attached hydrogens (tertiary/aromatic N) is 1. The third kappa shape index (κ3) is 4.63. The maximum absolute atomic E-state index is 3.97. The van der Waals surface area contributed by atoms with Gasteiger partial charge in [0.1, 0.15) is 0 Å². The van der Waals surface area contributed by atoms with E-state index >= 15 is 0 Å². The highest BCUT2D eigenvalue weighted by atomic mass is 14.9. The Balaban J connectivity index is 2.48. The summed E-state index contributed by atoms with van der Waals surface area (Å²) < 4.78 is 0. The second-order valence-electron chi connectivity index (χ2n) is 3.98. The topological polar surface area (TPSA) is 24.4 Å². The Morgan fingerprint density at radius 1 is 1.27 bits per heavy atom. The third-order valence-electron chi connectivity index (χ3n) is 2.15. The number of nitrogens with one attached hydrogen (secondary N) is 1. The molecule has 0 saturated heterocycles. The minimum Gasteiger partial charge on any atom is -0.383 e. The van der Waals surface area contributed by atoms with Crippen molar-refractivity contribution >= 4 is 11.9 Å². The zero-order chi connectivity index (χ0) is 11.1. The first kappa shape index (κ1) is 11.8. The standard InChI is InChI=1S/C13H20N2/c1-11(2)15-13-8-6-12(7-9-13)5-4-10-14-3/h6-11,15H,4-5H2,1-3H3/b14-10-. The van der Waals surface area contributed by atoms with Crippen LogP contribution in [-0.2, 0) is 6.42 Å². The number of hydrogen-bond donors (Lipinski definition) is 1. The average molecular weight is 204 g/mol. The summed E-state index contributed by atoms with van der Waals surface area (Å²) in [6.07, 6.45) is 4.05. The lowest BCUT2D eigenvalue weighted by Crippen LogP contribution is -2.09. The fourth-order valence-electron chi connectivity index (χ4n) is 1.46. The second kappa shape index (κ2) is 6.23. The van der Waals surface area contributed by atoms with Crippen LogP contribution >= 0.6 is 0 Å². The van der Waals surface area contributed by atoms with E-state index in [1.165, 1.54) is 11.3 Å². The maximum atomic E-state index is 3.97. The van der Waals surface area contributed by atoms with Crippen molar-refractivity contribution in [2.24, 2.45) is 4.99 Å². The van der Waals surface area contributed by atoms with Crippen LogP contribution in [0.5, 0.6) is 0 Å². The van der Waals surface area contributed by atoms with Crippen LogP contribution in [0.1, 0.15) is 25.8 Å². The lowest BCUT2D eigenvalue weighted by molar-refractivity contribution is 0.899. The molecule has 0 aliphatic heterocycles. The molecule has 1 aromatic rings. The summed E-state index contributed by atoms with van der Waals surface area (Å²) >= 11 is 0. The Morgan fingerprint density at radius 2 is 1.93 bits per heavy atom. The molecule has 0 unspecified atom stereocenters. The van der Waals surface area contributed by atoms with Gasteiger partial charge in [0.15, 0.2) is 0 Å². The van der Waals surface area contributed by atoms with E-state index in [0.717, 1.165) is 12.8 Å². The van der Waals surface area contributed by atoms with E-state index in [2.05, 4.69) is 48.4 Å². The van der Waals surface area contributed by atoms with Crippen molar-refractivity contribution in [3.8, 4) is 0 Å². The van der Waals surface area contributed by atoms with E-state index < -0.39 is 0 Å². The molecule has 82 valence electrons. The van der Waals surface area contributed by atoms with Gasteiger partial charge in [-0.25, -0.2) is 0 Å². The molecule has 0 aliphatic carbocycles. The van der Waals surface area contributed by atoms with Gasteiger partial charge in [0.25, 0.3) is 0 Å². The molecule has 0 fully saturated rings. The zero-order valence-electron chi connectivity index (χ0n) is 9.83. The number of benzene rings is 1. The van der Waals surface area contributed by atoms with Crippen molar-refractivity contribution in [2.45, 2.75) is 32.7 Å². The number of aryl methyl sites for hydroxylation is 1. The molecule has 1 N–H and O–H groups in total. The van der Waals surface area contributed by atoms with Crippen molar-refractivity contribution in [1.82, 2.24) is 0 Å². The number of aliphatic imine (C=N–C) groups is 1. The van der Waals surface area contributed by atoms with Gasteiger partial charge >= 0.3 is 0 Å². The van der Waals surface area contributed by atoms with Crippen LogP contribution in [0.3, 0.4) is 0 Å². The first-order valence-electron chi connectivity index (χ1n) is 5.48. The van der Waals surface area contributed by atoms with Crippen molar-refractivity contribution < 1.29 is 0 Å². The summed E-state index contributed by atoms with van der Waals surface area (Å²) in [6, 6.07) is 9.11. The Labute approximate surface area is 92.4 Å². The van der Waals surface area contributed by atoms with Crippen molar-refractivity contribution in [1.29, 1.82) is 0 Å². The Bertz CT molecular complexity index is 299. The largest absolute Gasteiger partial charge is 0.383 e. The molecule has 0 aromatic heterocycles. The van der Waals surface area contributed by atoms with Crippen LogP contribution in [0.15, 0.2) is 29.3 Å². The predicted molar refractivity (Wildman–Crippen MR) is 67.9 cm³/mol. The minimum absolute atomic E-state index is 0.489. The van der Waals surface area contributed by atoms with E-state index in [1.54, 1.807) is 0 Å². The van der Waals surface area contributed by atoms with Gasteiger partial charge in [0.05, 0.1) is 0 Å². The molecule has 2 heteroatoms. The third-order valence-corrected chi connectivity index (χ3v) is 2.15. The highest BCUT2D eigenvalue weighted by Gasteiger charge is 1.95. The van der Waals surface area contributed by atoms with Crippen LogP contribution in [-0.4, -0.2) is 19.3 Å². The minimum atomic E-state index is 0.489. The molecule has 1 rings (SSSR count). The van der Waals surface area contributed by atoms with Gasteiger partial charge in [-0.05, 0) is 50.6 Å². The molecule has 0 amide bonds. The van der Waals surface area contributed by atoms with Gasteiger partial charge < -0.3 is 10.3 Å². The number of rotatable bonds is 5. The highest BCUT2D eigenvalue weighted by Crippen LogP contribution is 2.11. The molecule has 2 nitrogen and oxygen atoms in total. The predicted octanol–water partition coefficient (Wildman–Crippen LogP) is 3.14. The van der Waals surface area contributed by atoms with E-state index in [4.69, 9.17) is 0 Å². The summed E-state index contributed by atoms with van der Waals surface area (Å²) in [5.41, 5.74) is 2.56. The summed E-state index contributed by atoms with van der Waals surface area (Å²) in [6.45, 7) is 4.29. The summed E-state index contributed by atoms with van der Waals surface area (Å²) in [7, 11) is 1.82. The summed E-state index contributed by atoms with van der Waals surface area (Å²) in [5.74, 6) is 0. The number of anilines is 1. The maximum Gasteiger partial charge on any atom is 0.0342 e. The first-order chi connectivity index (χ1) is 7.22. The van der Waals surface area contributed by atoms with Gasteiger partial charge in [-0.2, -0.15) is 0 Å². The molecule has 0 spiro atoms. The average Bonchev–Trinajstić information content (AvgIpc) is 2.20. The molecule has 0 radical (unpaired) electrons. The smallest absolute Gasteiger partial charge is 0.0342 e. The van der Waals surface area contributed by atoms with E-state index in [0.29, 0.717) is 6.04 Å². The van der Waals surface area contributed by atoms with Gasteiger partial charge in [-0.3, -0.25) is 0 Å². The molecule has 0 atom stereocenters. The fraction of sp³-hybridized carbons (Fsp3) is 0.462. The van der Waals surface area contributed by atoms with Crippen LogP contribution in [0.2, 0.25) is 0 Å². The number of hydrogen-bond acceptors (Lipinski definition) is 2. The molecular weight excluding hydrogens is 184 g/mol. The summed E-state index contributed by atoms with van der Waals surface area (Å²) in [4.78, 5) is 3.97. The van der Waals surface area contributed by atoms with E-state index in [9.17, 15) is 0 Å². The van der Waals surface area contributed by atoms with Gasteiger partial charge in [-0.15, -0.1) is 0 Å². The molecule has 0 bridgehead atoms. The van der Waals surface area contributed by atoms with Crippen molar-refractivity contribution in [3.05, 3.63) is 29.8 Å².